The second-order valence-corrected chi connectivity index (χ2v) is 4.23. The minimum atomic E-state index is -4.48. The summed E-state index contributed by atoms with van der Waals surface area (Å²) in [5.74, 6) is -0.504. The standard InChI is InChI=1S/C6H10O6S/c1-6(2-3-11-5(6)7)4-12-13(8,9)10/h2-4H2,1H3,(H,8,9,10)/t6-/m1/s1. The van der Waals surface area contributed by atoms with Crippen LogP contribution in [0.25, 0.3) is 0 Å². The monoisotopic (exact) mass is 210 g/mol. The zero-order valence-electron chi connectivity index (χ0n) is 7.02. The molecule has 0 aromatic rings. The molecule has 1 aliphatic heterocycles. The van der Waals surface area contributed by atoms with Crippen molar-refractivity contribution in [1.82, 2.24) is 0 Å². The van der Waals surface area contributed by atoms with Gasteiger partial charge in [0.25, 0.3) is 0 Å². The molecule has 1 rings (SSSR count). The first-order chi connectivity index (χ1) is 5.83. The van der Waals surface area contributed by atoms with E-state index < -0.39 is 21.8 Å². The van der Waals surface area contributed by atoms with Crippen molar-refractivity contribution in [2.45, 2.75) is 13.3 Å². The molecular formula is C6H10O6S. The van der Waals surface area contributed by atoms with Gasteiger partial charge in [-0.15, -0.1) is 0 Å². The average Bonchev–Trinajstić information content (AvgIpc) is 2.29. The maximum absolute atomic E-state index is 11.0. The van der Waals surface area contributed by atoms with Gasteiger partial charge in [0.2, 0.25) is 0 Å². The van der Waals surface area contributed by atoms with Crippen LogP contribution < -0.4 is 0 Å². The molecule has 0 aromatic heterocycles. The van der Waals surface area contributed by atoms with Crippen molar-refractivity contribution in [2.75, 3.05) is 13.2 Å². The third-order valence-corrected chi connectivity index (χ3v) is 2.32. The van der Waals surface area contributed by atoms with E-state index in [1.807, 2.05) is 0 Å². The lowest BCUT2D eigenvalue weighted by Gasteiger charge is -2.16. The van der Waals surface area contributed by atoms with Crippen molar-refractivity contribution >= 4 is 16.4 Å². The summed E-state index contributed by atoms with van der Waals surface area (Å²) in [7, 11) is -4.48. The molecule has 0 unspecified atom stereocenters. The maximum atomic E-state index is 11.0. The van der Waals surface area contributed by atoms with Crippen LogP contribution in [0, 0.1) is 5.41 Å². The molecule has 13 heavy (non-hydrogen) atoms. The van der Waals surface area contributed by atoms with E-state index in [0.717, 1.165) is 0 Å². The molecule has 0 spiro atoms. The fraction of sp³-hybridized carbons (Fsp3) is 0.833. The Morgan fingerprint density at radius 3 is 2.69 bits per heavy atom. The van der Waals surface area contributed by atoms with Gasteiger partial charge in [0.1, 0.15) is 0 Å². The van der Waals surface area contributed by atoms with E-state index in [2.05, 4.69) is 8.92 Å². The first-order valence-corrected chi connectivity index (χ1v) is 4.99. The van der Waals surface area contributed by atoms with Gasteiger partial charge in [0.15, 0.2) is 0 Å². The van der Waals surface area contributed by atoms with Crippen molar-refractivity contribution < 1.29 is 26.7 Å². The molecule has 1 aliphatic rings. The molecule has 6 nitrogen and oxygen atoms in total. The minimum absolute atomic E-state index is 0.254. The summed E-state index contributed by atoms with van der Waals surface area (Å²) in [6, 6.07) is 0. The van der Waals surface area contributed by atoms with Crippen molar-refractivity contribution in [3.63, 3.8) is 0 Å². The number of carbonyl (C=O) groups excluding carboxylic acids is 1. The van der Waals surface area contributed by atoms with Crippen LogP contribution in [-0.2, 0) is 24.1 Å². The third kappa shape index (κ3) is 2.64. The van der Waals surface area contributed by atoms with Gasteiger partial charge in [-0.1, -0.05) is 0 Å². The third-order valence-electron chi connectivity index (χ3n) is 1.91. The number of esters is 1. The van der Waals surface area contributed by atoms with Gasteiger partial charge in [0.05, 0.1) is 18.6 Å². The number of hydrogen-bond acceptors (Lipinski definition) is 5. The summed E-state index contributed by atoms with van der Waals surface area (Å²) >= 11 is 0. The lowest BCUT2D eigenvalue weighted by Crippen LogP contribution is -2.29. The van der Waals surface area contributed by atoms with Gasteiger partial charge in [-0.25, -0.2) is 4.18 Å². The minimum Gasteiger partial charge on any atom is -0.465 e. The zero-order chi connectivity index (χ0) is 10.1. The summed E-state index contributed by atoms with van der Waals surface area (Å²) in [5, 5.41) is 0. The average molecular weight is 210 g/mol. The maximum Gasteiger partial charge on any atom is 0.397 e. The predicted molar refractivity (Wildman–Crippen MR) is 41.2 cm³/mol. The first-order valence-electron chi connectivity index (χ1n) is 3.63. The van der Waals surface area contributed by atoms with Gasteiger partial charge in [-0.3, -0.25) is 9.35 Å². The Bertz CT molecular complexity index is 307. The second kappa shape index (κ2) is 3.24. The Labute approximate surface area is 75.8 Å². The highest BCUT2D eigenvalue weighted by Gasteiger charge is 2.41. The fourth-order valence-electron chi connectivity index (χ4n) is 0.981. The van der Waals surface area contributed by atoms with Crippen molar-refractivity contribution in [3.8, 4) is 0 Å². The molecule has 7 heteroatoms. The SMILES string of the molecule is C[C@]1(COS(=O)(=O)O)CCOC1=O. The van der Waals surface area contributed by atoms with E-state index in [1.165, 1.54) is 6.92 Å². The highest BCUT2D eigenvalue weighted by molar-refractivity contribution is 7.80. The predicted octanol–water partition coefficient (Wildman–Crippen LogP) is -0.241. The number of ether oxygens (including phenoxy) is 1. The number of carbonyl (C=O) groups is 1. The first kappa shape index (κ1) is 10.4. The molecule has 1 heterocycles. The summed E-state index contributed by atoms with van der Waals surface area (Å²) in [4.78, 5) is 11.0. The summed E-state index contributed by atoms with van der Waals surface area (Å²) in [6.07, 6.45) is 0.390. The topological polar surface area (TPSA) is 89.9 Å². The van der Waals surface area contributed by atoms with Gasteiger partial charge in [-0.2, -0.15) is 8.42 Å². The molecule has 0 aliphatic carbocycles. The van der Waals surface area contributed by atoms with E-state index in [4.69, 9.17) is 4.55 Å². The van der Waals surface area contributed by atoms with E-state index in [9.17, 15) is 13.2 Å². The van der Waals surface area contributed by atoms with Gasteiger partial charge < -0.3 is 4.74 Å². The van der Waals surface area contributed by atoms with Crippen LogP contribution in [0.2, 0.25) is 0 Å². The lowest BCUT2D eigenvalue weighted by molar-refractivity contribution is -0.146. The van der Waals surface area contributed by atoms with Crippen LogP contribution in [0.5, 0.6) is 0 Å². The molecule has 1 N–H and O–H groups in total. The largest absolute Gasteiger partial charge is 0.465 e. The van der Waals surface area contributed by atoms with Crippen LogP contribution in [0.4, 0.5) is 0 Å². The molecule has 0 amide bonds. The molecule has 1 fully saturated rings. The normalized spacial score (nSPS) is 28.9. The molecular weight excluding hydrogens is 200 g/mol. The number of cyclic esters (lactones) is 1. The van der Waals surface area contributed by atoms with Crippen LogP contribution in [0.3, 0.4) is 0 Å². The van der Waals surface area contributed by atoms with Crippen LogP contribution >= 0.6 is 0 Å². The second-order valence-electron chi connectivity index (χ2n) is 3.14. The number of hydrogen-bond donors (Lipinski definition) is 1. The number of rotatable bonds is 3. The van der Waals surface area contributed by atoms with Gasteiger partial charge in [0, 0.05) is 0 Å². The fourth-order valence-corrected chi connectivity index (χ4v) is 1.39. The Morgan fingerprint density at radius 1 is 1.69 bits per heavy atom. The Morgan fingerprint density at radius 2 is 2.31 bits per heavy atom. The molecule has 0 saturated carbocycles. The van der Waals surface area contributed by atoms with E-state index in [-0.39, 0.29) is 13.2 Å². The molecule has 0 aromatic carbocycles. The van der Waals surface area contributed by atoms with Crippen LogP contribution in [-0.4, -0.2) is 32.2 Å². The van der Waals surface area contributed by atoms with Crippen molar-refractivity contribution in [1.29, 1.82) is 0 Å². The summed E-state index contributed by atoms with van der Waals surface area (Å²) < 4.78 is 37.5. The van der Waals surface area contributed by atoms with E-state index in [0.29, 0.717) is 6.42 Å². The highest BCUT2D eigenvalue weighted by Crippen LogP contribution is 2.29. The molecule has 1 saturated heterocycles. The summed E-state index contributed by atoms with van der Waals surface area (Å²) in [6.45, 7) is 1.39. The lowest BCUT2D eigenvalue weighted by atomic mass is 9.91. The molecule has 0 bridgehead atoms. The van der Waals surface area contributed by atoms with E-state index >= 15 is 0 Å². The summed E-state index contributed by atoms with van der Waals surface area (Å²) in [5.41, 5.74) is -0.962. The molecule has 1 atom stereocenters. The van der Waals surface area contributed by atoms with Crippen molar-refractivity contribution in [2.24, 2.45) is 5.41 Å². The Balaban J connectivity index is 2.58. The van der Waals surface area contributed by atoms with E-state index in [1.54, 1.807) is 0 Å². The van der Waals surface area contributed by atoms with Crippen LogP contribution in [0.15, 0.2) is 0 Å². The smallest absolute Gasteiger partial charge is 0.397 e. The van der Waals surface area contributed by atoms with Crippen LogP contribution in [0.1, 0.15) is 13.3 Å². The Kier molecular flexibility index (Phi) is 2.60. The Hall–Kier alpha value is -0.660. The quantitative estimate of drug-likeness (QED) is 0.510. The van der Waals surface area contributed by atoms with Crippen molar-refractivity contribution in [3.05, 3.63) is 0 Å². The van der Waals surface area contributed by atoms with Gasteiger partial charge in [-0.05, 0) is 13.3 Å². The molecule has 76 valence electrons. The van der Waals surface area contributed by atoms with Gasteiger partial charge >= 0.3 is 16.4 Å². The highest BCUT2D eigenvalue weighted by atomic mass is 32.3. The zero-order valence-corrected chi connectivity index (χ0v) is 7.83. The molecule has 0 radical (unpaired) electrons.